The lowest BCUT2D eigenvalue weighted by Crippen LogP contribution is -2.53. The Balaban J connectivity index is 1.83. The zero-order valence-electron chi connectivity index (χ0n) is 20.8. The summed E-state index contributed by atoms with van der Waals surface area (Å²) >= 11 is 12.3. The largest absolute Gasteiger partial charge is 0.375 e. The molecule has 0 bridgehead atoms. The second-order valence-corrected chi connectivity index (χ2v) is 10.1. The fourth-order valence-corrected chi connectivity index (χ4v) is 4.69. The zero-order valence-corrected chi connectivity index (χ0v) is 22.3. The average molecular weight is 524 g/mol. The molecule has 0 aliphatic carbocycles. The van der Waals surface area contributed by atoms with Crippen LogP contribution in [0.15, 0.2) is 42.5 Å². The molecule has 0 unspecified atom stereocenters. The summed E-state index contributed by atoms with van der Waals surface area (Å²) in [7, 11) is 1.50. The van der Waals surface area contributed by atoms with Crippen molar-refractivity contribution in [3.63, 3.8) is 0 Å². The van der Waals surface area contributed by atoms with E-state index in [4.69, 9.17) is 42.1 Å². The lowest BCUT2D eigenvalue weighted by Gasteiger charge is -2.32. The number of hydrogen-bond acceptors (Lipinski definition) is 5. The number of carbonyl (C=O) groups excluding carboxylic acids is 1. The molecule has 0 aromatic heterocycles. The predicted molar refractivity (Wildman–Crippen MR) is 139 cm³/mol. The van der Waals surface area contributed by atoms with Gasteiger partial charge in [-0.3, -0.25) is 4.79 Å². The van der Waals surface area contributed by atoms with Crippen molar-refractivity contribution >= 4 is 29.1 Å². The Morgan fingerprint density at radius 2 is 1.83 bits per heavy atom. The van der Waals surface area contributed by atoms with E-state index in [-0.39, 0.29) is 30.8 Å². The fourth-order valence-electron chi connectivity index (χ4n) is 4.16. The van der Waals surface area contributed by atoms with Gasteiger partial charge in [-0.25, -0.2) is 0 Å². The molecule has 6 nitrogen and oxygen atoms in total. The number of unbranched alkanes of at least 4 members (excludes halogenated alkanes) is 1. The van der Waals surface area contributed by atoms with E-state index in [1.54, 1.807) is 6.07 Å². The van der Waals surface area contributed by atoms with Gasteiger partial charge in [0.05, 0.1) is 12.6 Å². The molecule has 8 heteroatoms. The Bertz CT molecular complexity index is 946. The van der Waals surface area contributed by atoms with Crippen molar-refractivity contribution in [1.29, 1.82) is 0 Å². The van der Waals surface area contributed by atoms with Crippen molar-refractivity contribution in [2.24, 2.45) is 0 Å². The second kappa shape index (κ2) is 13.0. The molecule has 1 N–H and O–H groups in total. The van der Waals surface area contributed by atoms with Crippen molar-refractivity contribution < 1.29 is 23.7 Å². The van der Waals surface area contributed by atoms with Gasteiger partial charge in [-0.15, -0.1) is 0 Å². The van der Waals surface area contributed by atoms with Crippen molar-refractivity contribution in [2.75, 3.05) is 26.9 Å². The SMILES string of the molecule is CCCCO[C@@H]([C@H](Cc1ccc(-c2cc(Cl)cc(Cl)c2)cc1)NC(=O)COC)[C@@H]1COC(C)(C)O1. The Morgan fingerprint density at radius 1 is 1.14 bits per heavy atom. The van der Waals surface area contributed by atoms with Gasteiger partial charge in [-0.2, -0.15) is 0 Å². The van der Waals surface area contributed by atoms with Gasteiger partial charge in [-0.1, -0.05) is 60.8 Å². The first-order valence-corrected chi connectivity index (χ1v) is 12.7. The minimum atomic E-state index is -0.696. The summed E-state index contributed by atoms with van der Waals surface area (Å²) in [4.78, 5) is 12.5. The van der Waals surface area contributed by atoms with E-state index < -0.39 is 5.79 Å². The molecule has 1 aliphatic heterocycles. The molecule has 3 atom stereocenters. The molecule has 0 radical (unpaired) electrons. The maximum atomic E-state index is 12.5. The highest BCUT2D eigenvalue weighted by molar-refractivity contribution is 6.35. The lowest BCUT2D eigenvalue weighted by molar-refractivity contribution is -0.160. The summed E-state index contributed by atoms with van der Waals surface area (Å²) in [5.74, 6) is -0.900. The first-order chi connectivity index (χ1) is 16.7. The quantitative estimate of drug-likeness (QED) is 0.363. The molecule has 2 aromatic carbocycles. The number of carbonyl (C=O) groups is 1. The number of halogens is 2. The summed E-state index contributed by atoms with van der Waals surface area (Å²) in [5, 5.41) is 4.28. The van der Waals surface area contributed by atoms with E-state index in [9.17, 15) is 4.79 Å². The van der Waals surface area contributed by atoms with E-state index in [0.29, 0.717) is 29.7 Å². The highest BCUT2D eigenvalue weighted by atomic mass is 35.5. The van der Waals surface area contributed by atoms with Crippen LogP contribution in [0.5, 0.6) is 0 Å². The van der Waals surface area contributed by atoms with Gasteiger partial charge in [0.15, 0.2) is 5.79 Å². The van der Waals surface area contributed by atoms with Crippen molar-refractivity contribution in [1.82, 2.24) is 5.32 Å². The monoisotopic (exact) mass is 523 g/mol. The third-order valence-corrected chi connectivity index (χ3v) is 6.27. The number of ether oxygens (including phenoxy) is 4. The summed E-state index contributed by atoms with van der Waals surface area (Å²) in [6.07, 6.45) is 1.81. The van der Waals surface area contributed by atoms with Crippen LogP contribution in [-0.4, -0.2) is 56.9 Å². The second-order valence-electron chi connectivity index (χ2n) is 9.22. The van der Waals surface area contributed by atoms with Crippen LogP contribution in [-0.2, 0) is 30.2 Å². The molecule has 3 rings (SSSR count). The number of nitrogens with one attached hydrogen (secondary N) is 1. The first-order valence-electron chi connectivity index (χ1n) is 12.0. The first kappa shape index (κ1) is 27.9. The van der Waals surface area contributed by atoms with Gasteiger partial charge in [-0.05, 0) is 61.6 Å². The maximum Gasteiger partial charge on any atom is 0.246 e. The molecule has 1 fully saturated rings. The summed E-state index contributed by atoms with van der Waals surface area (Å²) < 4.78 is 23.3. The fraction of sp³-hybridized carbons (Fsp3) is 0.519. The highest BCUT2D eigenvalue weighted by Gasteiger charge is 2.41. The predicted octanol–water partition coefficient (Wildman–Crippen LogP) is 5.67. The summed E-state index contributed by atoms with van der Waals surface area (Å²) in [6, 6.07) is 13.3. The third-order valence-electron chi connectivity index (χ3n) is 5.83. The van der Waals surface area contributed by atoms with Crippen LogP contribution >= 0.6 is 23.2 Å². The Hall–Kier alpha value is -1.67. The molecule has 1 amide bonds. The van der Waals surface area contributed by atoms with Crippen LogP contribution in [0.3, 0.4) is 0 Å². The normalized spacial score (nSPS) is 18.9. The molecule has 0 spiro atoms. The molecule has 1 aliphatic rings. The summed E-state index contributed by atoms with van der Waals surface area (Å²) in [6.45, 7) is 6.83. The lowest BCUT2D eigenvalue weighted by atomic mass is 9.95. The van der Waals surface area contributed by atoms with Crippen LogP contribution in [0.4, 0.5) is 0 Å². The molecule has 1 saturated heterocycles. The van der Waals surface area contributed by atoms with Crippen LogP contribution in [0.2, 0.25) is 10.0 Å². The van der Waals surface area contributed by atoms with Gasteiger partial charge in [0.2, 0.25) is 5.91 Å². The van der Waals surface area contributed by atoms with Crippen molar-refractivity contribution in [3.8, 4) is 11.1 Å². The van der Waals surface area contributed by atoms with Gasteiger partial charge in [0.1, 0.15) is 18.8 Å². The van der Waals surface area contributed by atoms with Crippen LogP contribution in [0.1, 0.15) is 39.2 Å². The van der Waals surface area contributed by atoms with E-state index in [1.807, 2.05) is 50.2 Å². The third kappa shape index (κ3) is 8.45. The maximum absolute atomic E-state index is 12.5. The van der Waals surface area contributed by atoms with E-state index >= 15 is 0 Å². The van der Waals surface area contributed by atoms with Crippen LogP contribution < -0.4 is 5.32 Å². The van der Waals surface area contributed by atoms with Crippen LogP contribution in [0, 0.1) is 0 Å². The molecule has 192 valence electrons. The number of amides is 1. The topological polar surface area (TPSA) is 66.0 Å². The van der Waals surface area contributed by atoms with Crippen molar-refractivity contribution in [2.45, 2.75) is 64.1 Å². The van der Waals surface area contributed by atoms with Crippen LogP contribution in [0.25, 0.3) is 11.1 Å². The molecule has 0 saturated carbocycles. The Kier molecular flexibility index (Phi) is 10.4. The minimum Gasteiger partial charge on any atom is -0.375 e. The van der Waals surface area contributed by atoms with Gasteiger partial charge < -0.3 is 24.3 Å². The van der Waals surface area contributed by atoms with Gasteiger partial charge >= 0.3 is 0 Å². The molecule has 2 aromatic rings. The zero-order chi connectivity index (χ0) is 25.4. The number of benzene rings is 2. The minimum absolute atomic E-state index is 0.0276. The van der Waals surface area contributed by atoms with E-state index in [0.717, 1.165) is 29.5 Å². The van der Waals surface area contributed by atoms with Gasteiger partial charge in [0, 0.05) is 23.8 Å². The average Bonchev–Trinajstić information content (AvgIpc) is 3.15. The number of hydrogen-bond donors (Lipinski definition) is 1. The number of methoxy groups -OCH3 is 1. The molecule has 1 heterocycles. The Morgan fingerprint density at radius 3 is 2.40 bits per heavy atom. The van der Waals surface area contributed by atoms with E-state index in [2.05, 4.69) is 12.2 Å². The van der Waals surface area contributed by atoms with E-state index in [1.165, 1.54) is 7.11 Å². The van der Waals surface area contributed by atoms with Gasteiger partial charge in [0.25, 0.3) is 0 Å². The standard InChI is InChI=1S/C27H35Cl2NO5/c1-5-6-11-33-26(24-16-34-27(2,3)35-24)23(30-25(31)17-32-4)12-18-7-9-19(10-8-18)20-13-21(28)15-22(29)14-20/h7-10,13-15,23-24,26H,5-6,11-12,16-17H2,1-4H3,(H,30,31)/t23-,24-,26-/m0/s1. The molecular weight excluding hydrogens is 489 g/mol. The molecular formula is C27H35Cl2NO5. The number of rotatable bonds is 12. The molecule has 35 heavy (non-hydrogen) atoms. The van der Waals surface area contributed by atoms with Crippen molar-refractivity contribution in [3.05, 3.63) is 58.1 Å². The summed E-state index contributed by atoms with van der Waals surface area (Å²) in [5.41, 5.74) is 2.99. The smallest absolute Gasteiger partial charge is 0.246 e. The highest BCUT2D eigenvalue weighted by Crippen LogP contribution is 2.30. The Labute approximate surface area is 218 Å².